The number of hydrogen-bond donors (Lipinski definition) is 1. The number of ether oxygens (including phenoxy) is 3. The SMILES string of the molecule is CC(C)COCC(O)(OCC(C)C)OCC(C)C.[Zr]. The van der Waals surface area contributed by atoms with Gasteiger partial charge in [0, 0.05) is 32.8 Å². The van der Waals surface area contributed by atoms with Gasteiger partial charge in [-0.15, -0.1) is 0 Å². The zero-order chi connectivity index (χ0) is 14.2. The Balaban J connectivity index is 0. The summed E-state index contributed by atoms with van der Waals surface area (Å²) >= 11 is 0. The maximum Gasteiger partial charge on any atom is 0.305 e. The van der Waals surface area contributed by atoms with Gasteiger partial charge in [0.15, 0.2) is 0 Å². The summed E-state index contributed by atoms with van der Waals surface area (Å²) in [4.78, 5) is 0. The van der Waals surface area contributed by atoms with E-state index in [0.717, 1.165) is 0 Å². The van der Waals surface area contributed by atoms with Crippen molar-refractivity contribution in [2.45, 2.75) is 47.5 Å². The van der Waals surface area contributed by atoms with Crippen molar-refractivity contribution in [1.29, 1.82) is 0 Å². The van der Waals surface area contributed by atoms with Crippen LogP contribution in [0.25, 0.3) is 0 Å². The van der Waals surface area contributed by atoms with Gasteiger partial charge in [0.25, 0.3) is 0 Å². The second-order valence-electron chi connectivity index (χ2n) is 6.03. The van der Waals surface area contributed by atoms with E-state index in [1.807, 2.05) is 27.7 Å². The van der Waals surface area contributed by atoms with Crippen molar-refractivity contribution >= 4 is 0 Å². The van der Waals surface area contributed by atoms with Gasteiger partial charge in [-0.3, -0.25) is 0 Å². The Morgan fingerprint density at radius 1 is 0.789 bits per heavy atom. The summed E-state index contributed by atoms with van der Waals surface area (Å²) in [5.74, 6) is -0.526. The first-order chi connectivity index (χ1) is 8.25. The van der Waals surface area contributed by atoms with Gasteiger partial charge in [-0.25, -0.2) is 0 Å². The van der Waals surface area contributed by atoms with E-state index in [4.69, 9.17) is 14.2 Å². The minimum absolute atomic E-state index is 0. The van der Waals surface area contributed by atoms with Gasteiger partial charge in [-0.2, -0.15) is 0 Å². The molecule has 0 aromatic rings. The molecule has 0 saturated carbocycles. The third-order valence-electron chi connectivity index (χ3n) is 2.02. The fraction of sp³-hybridized carbons (Fsp3) is 1.00. The van der Waals surface area contributed by atoms with Crippen LogP contribution in [0.3, 0.4) is 0 Å². The Morgan fingerprint density at radius 3 is 1.47 bits per heavy atom. The summed E-state index contributed by atoms with van der Waals surface area (Å²) in [6.07, 6.45) is 0. The summed E-state index contributed by atoms with van der Waals surface area (Å²) in [7, 11) is 0. The Morgan fingerprint density at radius 2 is 1.16 bits per heavy atom. The molecule has 0 aromatic carbocycles. The van der Waals surface area contributed by atoms with Crippen LogP contribution in [0, 0.1) is 17.8 Å². The van der Waals surface area contributed by atoms with Gasteiger partial charge < -0.3 is 19.3 Å². The topological polar surface area (TPSA) is 47.9 Å². The molecule has 114 valence electrons. The first-order valence-electron chi connectivity index (χ1n) is 6.83. The van der Waals surface area contributed by atoms with Crippen LogP contribution < -0.4 is 0 Å². The molecule has 0 aliphatic heterocycles. The largest absolute Gasteiger partial charge is 0.373 e. The van der Waals surface area contributed by atoms with Crippen LogP contribution in [-0.2, 0) is 40.4 Å². The molecule has 0 aromatic heterocycles. The van der Waals surface area contributed by atoms with Gasteiger partial charge in [-0.1, -0.05) is 41.5 Å². The predicted molar refractivity (Wildman–Crippen MR) is 72.2 cm³/mol. The van der Waals surface area contributed by atoms with E-state index in [1.54, 1.807) is 0 Å². The van der Waals surface area contributed by atoms with Crippen molar-refractivity contribution in [2.75, 3.05) is 26.4 Å². The summed E-state index contributed by atoms with van der Waals surface area (Å²) in [6.45, 7) is 13.7. The third-order valence-corrected chi connectivity index (χ3v) is 2.02. The van der Waals surface area contributed by atoms with Crippen LogP contribution in [-0.4, -0.2) is 37.5 Å². The van der Waals surface area contributed by atoms with E-state index < -0.39 is 5.97 Å². The van der Waals surface area contributed by atoms with Gasteiger partial charge in [-0.05, 0) is 17.8 Å². The minimum atomic E-state index is -1.62. The molecule has 0 aliphatic carbocycles. The van der Waals surface area contributed by atoms with E-state index in [2.05, 4.69) is 13.8 Å². The number of aliphatic hydroxyl groups is 1. The first-order valence-corrected chi connectivity index (χ1v) is 6.83. The minimum Gasteiger partial charge on any atom is -0.373 e. The molecule has 0 radical (unpaired) electrons. The number of hydrogen-bond acceptors (Lipinski definition) is 4. The molecule has 0 heterocycles. The average molecular weight is 354 g/mol. The summed E-state index contributed by atoms with van der Waals surface area (Å²) < 4.78 is 16.3. The fourth-order valence-corrected chi connectivity index (χ4v) is 1.14. The van der Waals surface area contributed by atoms with Crippen molar-refractivity contribution < 1.29 is 45.5 Å². The van der Waals surface area contributed by atoms with E-state index in [0.29, 0.717) is 37.6 Å². The Bertz CT molecular complexity index is 196. The fourth-order valence-electron chi connectivity index (χ4n) is 1.14. The van der Waals surface area contributed by atoms with Gasteiger partial charge in [0.2, 0.25) is 0 Å². The number of rotatable bonds is 10. The molecule has 0 amide bonds. The van der Waals surface area contributed by atoms with Crippen molar-refractivity contribution in [3.05, 3.63) is 0 Å². The Kier molecular flexibility index (Phi) is 13.2. The van der Waals surface area contributed by atoms with E-state index in [9.17, 15) is 5.11 Å². The van der Waals surface area contributed by atoms with E-state index in [1.165, 1.54) is 0 Å². The molecule has 0 aliphatic rings. The summed E-state index contributed by atoms with van der Waals surface area (Å²) in [5.41, 5.74) is 0. The molecule has 0 atom stereocenters. The normalized spacial score (nSPS) is 12.3. The molecule has 0 fully saturated rings. The van der Waals surface area contributed by atoms with Crippen molar-refractivity contribution in [2.24, 2.45) is 17.8 Å². The Labute approximate surface area is 137 Å². The molecule has 0 saturated heterocycles. The molecular formula is C14H30O4Zr. The standard InChI is InChI=1S/C14H30O4.Zr/c1-11(2)7-16-10-14(15,17-8-12(3)4)18-9-13(5)6;/h11-13,15H,7-10H2,1-6H3;. The van der Waals surface area contributed by atoms with Crippen molar-refractivity contribution in [3.8, 4) is 0 Å². The van der Waals surface area contributed by atoms with Crippen LogP contribution in [0.5, 0.6) is 0 Å². The summed E-state index contributed by atoms with van der Waals surface area (Å²) in [5, 5.41) is 10.3. The summed E-state index contributed by atoms with van der Waals surface area (Å²) in [6, 6.07) is 0. The van der Waals surface area contributed by atoms with E-state index >= 15 is 0 Å². The van der Waals surface area contributed by atoms with Crippen molar-refractivity contribution in [3.63, 3.8) is 0 Å². The maximum absolute atomic E-state index is 10.3. The molecular weight excluding hydrogens is 323 g/mol. The molecule has 0 bridgehead atoms. The average Bonchev–Trinajstić information content (AvgIpc) is 2.23. The van der Waals surface area contributed by atoms with Crippen LogP contribution in [0.1, 0.15) is 41.5 Å². The molecule has 1 N–H and O–H groups in total. The Hall–Kier alpha value is 0.723. The first kappa shape index (κ1) is 22.0. The molecule has 0 unspecified atom stereocenters. The molecule has 4 nitrogen and oxygen atoms in total. The van der Waals surface area contributed by atoms with Crippen LogP contribution in [0.15, 0.2) is 0 Å². The predicted octanol–water partition coefficient (Wildman–Crippen LogP) is 2.65. The molecule has 0 spiro atoms. The van der Waals surface area contributed by atoms with Crippen LogP contribution in [0.2, 0.25) is 0 Å². The molecule has 5 heteroatoms. The third kappa shape index (κ3) is 13.5. The van der Waals surface area contributed by atoms with Crippen LogP contribution >= 0.6 is 0 Å². The zero-order valence-electron chi connectivity index (χ0n) is 13.2. The van der Waals surface area contributed by atoms with E-state index in [-0.39, 0.29) is 32.8 Å². The van der Waals surface area contributed by atoms with Gasteiger partial charge in [0.05, 0.1) is 13.2 Å². The van der Waals surface area contributed by atoms with Gasteiger partial charge in [0.1, 0.15) is 6.61 Å². The van der Waals surface area contributed by atoms with Crippen LogP contribution in [0.4, 0.5) is 0 Å². The molecule has 0 rings (SSSR count). The zero-order valence-corrected chi connectivity index (χ0v) is 15.7. The smallest absolute Gasteiger partial charge is 0.305 e. The second-order valence-corrected chi connectivity index (χ2v) is 6.03. The molecule has 19 heavy (non-hydrogen) atoms. The maximum atomic E-state index is 10.3. The second kappa shape index (κ2) is 11.4. The quantitative estimate of drug-likeness (QED) is 0.613. The monoisotopic (exact) mass is 352 g/mol. The van der Waals surface area contributed by atoms with Crippen molar-refractivity contribution in [1.82, 2.24) is 0 Å². The van der Waals surface area contributed by atoms with Gasteiger partial charge >= 0.3 is 5.97 Å².